The number of aryl methyl sites for hydroxylation is 1. The summed E-state index contributed by atoms with van der Waals surface area (Å²) in [5, 5.41) is 7.10. The van der Waals surface area contributed by atoms with Gasteiger partial charge in [0, 0.05) is 58.5 Å². The van der Waals surface area contributed by atoms with Crippen LogP contribution in [0.2, 0.25) is 0 Å². The Kier molecular flexibility index (Phi) is 6.71. The first-order chi connectivity index (χ1) is 11.8. The summed E-state index contributed by atoms with van der Waals surface area (Å²) in [6.07, 6.45) is 0. The fourth-order valence-electron chi connectivity index (χ4n) is 3.40. The van der Waals surface area contributed by atoms with Crippen molar-refractivity contribution in [2.24, 2.45) is 10.9 Å². The molecule has 25 heavy (non-hydrogen) atoms. The highest BCUT2D eigenvalue weighted by atomic mass is 15.3. The minimum Gasteiger partial charge on any atom is -0.377 e. The molecule has 0 bridgehead atoms. The van der Waals surface area contributed by atoms with Crippen molar-refractivity contribution >= 4 is 11.6 Å². The van der Waals surface area contributed by atoms with Crippen LogP contribution >= 0.6 is 0 Å². The molecule has 2 atom stereocenters. The predicted octanol–water partition coefficient (Wildman–Crippen LogP) is 2.45. The second kappa shape index (κ2) is 8.56. The largest absolute Gasteiger partial charge is 0.377 e. The minimum absolute atomic E-state index is 0.444. The molecule has 1 aromatic carbocycles. The first kappa shape index (κ1) is 19.6. The Morgan fingerprint density at radius 3 is 2.60 bits per heavy atom. The quantitative estimate of drug-likeness (QED) is 0.635. The Morgan fingerprint density at radius 1 is 1.32 bits per heavy atom. The molecular weight excluding hydrogens is 310 g/mol. The van der Waals surface area contributed by atoms with E-state index in [2.05, 4.69) is 85.4 Å². The molecule has 1 aromatic rings. The lowest BCUT2D eigenvalue weighted by Gasteiger charge is -2.23. The third-order valence-electron chi connectivity index (χ3n) is 5.09. The second-order valence-corrected chi connectivity index (χ2v) is 7.73. The Morgan fingerprint density at radius 2 is 2.04 bits per heavy atom. The number of anilines is 1. The Hall–Kier alpha value is -1.75. The lowest BCUT2D eigenvalue weighted by Crippen LogP contribution is -2.46. The van der Waals surface area contributed by atoms with Crippen LogP contribution < -0.4 is 15.5 Å². The van der Waals surface area contributed by atoms with E-state index in [4.69, 9.17) is 0 Å². The third kappa shape index (κ3) is 5.11. The van der Waals surface area contributed by atoms with Crippen molar-refractivity contribution in [2.45, 2.75) is 46.3 Å². The van der Waals surface area contributed by atoms with Crippen molar-refractivity contribution in [1.82, 2.24) is 15.5 Å². The Balaban J connectivity index is 1.98. The number of nitrogens with one attached hydrogen (secondary N) is 2. The average molecular weight is 346 g/mol. The molecule has 0 amide bonds. The molecule has 0 aliphatic carbocycles. The summed E-state index contributed by atoms with van der Waals surface area (Å²) >= 11 is 0. The zero-order valence-corrected chi connectivity index (χ0v) is 16.9. The molecule has 1 fully saturated rings. The molecule has 1 aliphatic rings. The van der Waals surface area contributed by atoms with Crippen molar-refractivity contribution in [3.05, 3.63) is 29.3 Å². The molecule has 1 saturated heterocycles. The molecule has 0 aromatic heterocycles. The molecule has 2 N–H and O–H groups in total. The molecular formula is C20H35N5. The van der Waals surface area contributed by atoms with Gasteiger partial charge in [0.1, 0.15) is 0 Å². The first-order valence-corrected chi connectivity index (χ1v) is 9.30. The van der Waals surface area contributed by atoms with Gasteiger partial charge in [-0.2, -0.15) is 0 Å². The number of aliphatic imine (C=N–C) groups is 1. The highest BCUT2D eigenvalue weighted by Crippen LogP contribution is 2.21. The third-order valence-corrected chi connectivity index (χ3v) is 5.09. The number of hydrogen-bond acceptors (Lipinski definition) is 3. The van der Waals surface area contributed by atoms with Crippen LogP contribution in [0.5, 0.6) is 0 Å². The maximum Gasteiger partial charge on any atom is 0.191 e. The number of nitrogens with zero attached hydrogens (tertiary/aromatic N) is 3. The standard InChI is InChI=1S/C20H35N5/c1-14(2)25-12-16(4)18(13-25)23-20(21-5)22-11-17-9-8-15(3)10-19(17)24(6)7/h8-10,14,16,18H,11-13H2,1-7H3,(H2,21,22,23). The van der Waals surface area contributed by atoms with Crippen LogP contribution in [-0.2, 0) is 6.54 Å². The first-order valence-electron chi connectivity index (χ1n) is 9.30. The Labute approximate surface area is 153 Å². The highest BCUT2D eigenvalue weighted by Gasteiger charge is 2.31. The summed E-state index contributed by atoms with van der Waals surface area (Å²) in [5.74, 6) is 1.50. The van der Waals surface area contributed by atoms with Crippen LogP contribution in [0.4, 0.5) is 5.69 Å². The van der Waals surface area contributed by atoms with Crippen LogP contribution in [-0.4, -0.2) is 57.2 Å². The van der Waals surface area contributed by atoms with E-state index in [0.717, 1.165) is 25.6 Å². The average Bonchev–Trinajstić information content (AvgIpc) is 2.93. The zero-order chi connectivity index (χ0) is 18.6. The number of benzene rings is 1. The Bertz CT molecular complexity index is 594. The van der Waals surface area contributed by atoms with Crippen molar-refractivity contribution in [2.75, 3.05) is 39.1 Å². The van der Waals surface area contributed by atoms with Crippen LogP contribution in [0.1, 0.15) is 31.9 Å². The van der Waals surface area contributed by atoms with Gasteiger partial charge in [-0.3, -0.25) is 9.89 Å². The van der Waals surface area contributed by atoms with E-state index in [-0.39, 0.29) is 0 Å². The fraction of sp³-hybridized carbons (Fsp3) is 0.650. The molecule has 2 unspecified atom stereocenters. The van der Waals surface area contributed by atoms with Gasteiger partial charge in [0.25, 0.3) is 0 Å². The van der Waals surface area contributed by atoms with Gasteiger partial charge in [-0.05, 0) is 43.9 Å². The van der Waals surface area contributed by atoms with Crippen molar-refractivity contribution in [3.63, 3.8) is 0 Å². The van der Waals surface area contributed by atoms with Gasteiger partial charge in [0.15, 0.2) is 5.96 Å². The van der Waals surface area contributed by atoms with E-state index in [9.17, 15) is 0 Å². The van der Waals surface area contributed by atoms with Gasteiger partial charge < -0.3 is 15.5 Å². The maximum atomic E-state index is 4.43. The maximum absolute atomic E-state index is 4.43. The number of rotatable bonds is 5. The van der Waals surface area contributed by atoms with Crippen molar-refractivity contribution < 1.29 is 0 Å². The zero-order valence-electron chi connectivity index (χ0n) is 16.9. The predicted molar refractivity (Wildman–Crippen MR) is 109 cm³/mol. The van der Waals surface area contributed by atoms with Gasteiger partial charge >= 0.3 is 0 Å². The van der Waals surface area contributed by atoms with E-state index in [0.29, 0.717) is 18.0 Å². The fourth-order valence-corrected chi connectivity index (χ4v) is 3.40. The second-order valence-electron chi connectivity index (χ2n) is 7.73. The van der Waals surface area contributed by atoms with Crippen LogP contribution in [0.25, 0.3) is 0 Å². The van der Waals surface area contributed by atoms with Gasteiger partial charge in [0.05, 0.1) is 0 Å². The summed E-state index contributed by atoms with van der Waals surface area (Å²) in [6.45, 7) is 12.0. The van der Waals surface area contributed by atoms with Gasteiger partial charge in [-0.15, -0.1) is 0 Å². The summed E-state index contributed by atoms with van der Waals surface area (Å²) in [5.41, 5.74) is 3.81. The van der Waals surface area contributed by atoms with Crippen LogP contribution in [0.15, 0.2) is 23.2 Å². The minimum atomic E-state index is 0.444. The molecule has 5 nitrogen and oxygen atoms in total. The molecule has 0 spiro atoms. The summed E-state index contributed by atoms with van der Waals surface area (Å²) in [4.78, 5) is 9.12. The summed E-state index contributed by atoms with van der Waals surface area (Å²) in [7, 11) is 6.02. The molecule has 0 radical (unpaired) electrons. The normalized spacial score (nSPS) is 21.7. The molecule has 1 aliphatic heterocycles. The lowest BCUT2D eigenvalue weighted by atomic mass is 10.1. The van der Waals surface area contributed by atoms with E-state index >= 15 is 0 Å². The van der Waals surface area contributed by atoms with E-state index in [1.165, 1.54) is 16.8 Å². The molecule has 1 heterocycles. The summed E-state index contributed by atoms with van der Waals surface area (Å²) in [6, 6.07) is 7.63. The van der Waals surface area contributed by atoms with E-state index in [1.54, 1.807) is 0 Å². The number of hydrogen-bond donors (Lipinski definition) is 2. The lowest BCUT2D eigenvalue weighted by molar-refractivity contribution is 0.265. The van der Waals surface area contributed by atoms with Crippen LogP contribution in [0.3, 0.4) is 0 Å². The summed E-state index contributed by atoms with van der Waals surface area (Å²) < 4.78 is 0. The molecule has 0 saturated carbocycles. The van der Waals surface area contributed by atoms with Crippen molar-refractivity contribution in [1.29, 1.82) is 0 Å². The molecule has 5 heteroatoms. The highest BCUT2D eigenvalue weighted by molar-refractivity contribution is 5.80. The molecule has 140 valence electrons. The monoisotopic (exact) mass is 345 g/mol. The smallest absolute Gasteiger partial charge is 0.191 e. The van der Waals surface area contributed by atoms with E-state index in [1.807, 2.05) is 7.05 Å². The van der Waals surface area contributed by atoms with Gasteiger partial charge in [-0.1, -0.05) is 19.1 Å². The van der Waals surface area contributed by atoms with E-state index < -0.39 is 0 Å². The van der Waals surface area contributed by atoms with Crippen molar-refractivity contribution in [3.8, 4) is 0 Å². The number of guanidine groups is 1. The van der Waals surface area contributed by atoms with Gasteiger partial charge in [0.2, 0.25) is 0 Å². The van der Waals surface area contributed by atoms with Gasteiger partial charge in [-0.25, -0.2) is 0 Å². The topological polar surface area (TPSA) is 42.9 Å². The van der Waals surface area contributed by atoms with Crippen LogP contribution in [0, 0.1) is 12.8 Å². The number of likely N-dealkylation sites (tertiary alicyclic amines) is 1. The SMILES string of the molecule is CN=C(NCc1ccc(C)cc1N(C)C)NC1CN(C(C)C)CC1C. The molecule has 2 rings (SSSR count).